The molecule has 4 heterocycles. The van der Waals surface area contributed by atoms with E-state index < -0.39 is 42.4 Å². The maximum atomic E-state index is 15.1. The van der Waals surface area contributed by atoms with E-state index in [2.05, 4.69) is 13.0 Å². The second-order valence-corrected chi connectivity index (χ2v) is 20.4. The van der Waals surface area contributed by atoms with Gasteiger partial charge in [0.1, 0.15) is 23.9 Å². The summed E-state index contributed by atoms with van der Waals surface area (Å²) >= 11 is 1.73. The maximum absolute atomic E-state index is 15.1. The second kappa shape index (κ2) is 19.0. The molecule has 61 heavy (non-hydrogen) atoms. The smallest absolute Gasteiger partial charge is 0.306 e. The van der Waals surface area contributed by atoms with E-state index in [1.165, 1.54) is 4.88 Å². The molecular formula is C47H72N2O11S. The molecule has 1 saturated carbocycles. The standard InChI is InChI=1S/C47H72N2O11S/c1-13-28-15-14-16-36(60-38-18-17-35(25(5)56-38)49(9)45(52)23(2)3)24(4)41(51)33-21-31-30-19-29(59-46-42(53-10)44(54-11)47(8,55-12)26(6)57-46)20-34(30)43-40(48-27(7)61-43)39(31)32(33)22-37(50)58-28/h21,23-26,28-32,34-36,38-39,42,44,46H,13-20,22H2,1-12H3/t24-,25?,26?,28+,29+,30+,31+,32-,34-,35+,36+,38+,39-,42?,44?,46+,47+/m1/s1. The van der Waals surface area contributed by atoms with E-state index in [1.807, 2.05) is 60.4 Å². The van der Waals surface area contributed by atoms with E-state index in [0.29, 0.717) is 31.3 Å². The van der Waals surface area contributed by atoms with Crippen molar-refractivity contribution in [3.63, 3.8) is 0 Å². The first-order valence-corrected chi connectivity index (χ1v) is 23.8. The third kappa shape index (κ3) is 8.92. The molecule has 4 unspecified atom stereocenters. The number of amides is 1. The molecule has 0 radical (unpaired) electrons. The monoisotopic (exact) mass is 872 g/mol. The van der Waals surface area contributed by atoms with E-state index in [1.54, 1.807) is 32.7 Å². The highest BCUT2D eigenvalue weighted by Crippen LogP contribution is 2.62. The number of likely N-dealkylation sites (N-methyl/N-ethyl adjacent to an activating group) is 1. The van der Waals surface area contributed by atoms with Gasteiger partial charge in [-0.15, -0.1) is 11.3 Å². The van der Waals surface area contributed by atoms with Gasteiger partial charge in [0.05, 0.1) is 47.6 Å². The molecule has 1 aromatic heterocycles. The van der Waals surface area contributed by atoms with Crippen molar-refractivity contribution in [1.82, 2.24) is 9.88 Å². The first-order chi connectivity index (χ1) is 29.0. The highest BCUT2D eigenvalue weighted by molar-refractivity contribution is 7.11. The van der Waals surface area contributed by atoms with Crippen molar-refractivity contribution < 1.29 is 52.3 Å². The molecule has 7 rings (SSSR count). The fraction of sp³-hybridized carbons (Fsp3) is 0.830. The van der Waals surface area contributed by atoms with Crippen LogP contribution >= 0.6 is 11.3 Å². The number of aryl methyl sites for hydroxylation is 1. The number of Topliss-reactive ketones (excluding diaryl/α,β-unsaturated/α-hetero) is 1. The predicted molar refractivity (Wildman–Crippen MR) is 229 cm³/mol. The van der Waals surface area contributed by atoms with E-state index >= 15 is 4.79 Å². The molecule has 3 aliphatic carbocycles. The summed E-state index contributed by atoms with van der Waals surface area (Å²) in [6, 6.07) is -0.0459. The summed E-state index contributed by atoms with van der Waals surface area (Å²) in [5, 5.41) is 0.978. The molecule has 0 bridgehead atoms. The Morgan fingerprint density at radius 1 is 1.02 bits per heavy atom. The average molecular weight is 873 g/mol. The van der Waals surface area contributed by atoms with Crippen molar-refractivity contribution >= 4 is 29.0 Å². The molecule has 13 nitrogen and oxygen atoms in total. The number of carbonyl (C=O) groups excluding carboxylic acids is 3. The summed E-state index contributed by atoms with van der Waals surface area (Å²) in [6.45, 7) is 15.9. The van der Waals surface area contributed by atoms with Gasteiger partial charge in [-0.3, -0.25) is 14.4 Å². The Morgan fingerprint density at radius 2 is 1.77 bits per heavy atom. The molecule has 17 atom stereocenters. The van der Waals surface area contributed by atoms with Gasteiger partial charge >= 0.3 is 5.97 Å². The molecule has 342 valence electrons. The van der Waals surface area contributed by atoms with Crippen LogP contribution in [0.2, 0.25) is 0 Å². The molecule has 0 aromatic carbocycles. The third-order valence-electron chi connectivity index (χ3n) is 15.4. The van der Waals surface area contributed by atoms with Crippen molar-refractivity contribution in [2.24, 2.45) is 29.6 Å². The van der Waals surface area contributed by atoms with Crippen molar-refractivity contribution in [3.05, 3.63) is 27.2 Å². The Labute approximate surface area is 367 Å². The molecular weight excluding hydrogens is 801 g/mol. The van der Waals surface area contributed by atoms with Crippen LogP contribution in [0.3, 0.4) is 0 Å². The van der Waals surface area contributed by atoms with Gasteiger partial charge in [0.25, 0.3) is 0 Å². The van der Waals surface area contributed by atoms with Crippen molar-refractivity contribution in [3.8, 4) is 0 Å². The number of rotatable bonds is 10. The number of thiazole rings is 1. The van der Waals surface area contributed by atoms with Crippen LogP contribution in [0.25, 0.3) is 0 Å². The van der Waals surface area contributed by atoms with Crippen LogP contribution in [-0.4, -0.2) is 123 Å². The van der Waals surface area contributed by atoms with Crippen LogP contribution in [0.4, 0.5) is 0 Å². The number of hydrogen-bond acceptors (Lipinski definition) is 13. The lowest BCUT2D eigenvalue weighted by Gasteiger charge is -2.50. The highest BCUT2D eigenvalue weighted by atomic mass is 32.1. The fourth-order valence-electron chi connectivity index (χ4n) is 11.8. The lowest BCUT2D eigenvalue weighted by Crippen LogP contribution is -2.66. The fourth-order valence-corrected chi connectivity index (χ4v) is 12.9. The molecule has 1 aromatic rings. The summed E-state index contributed by atoms with van der Waals surface area (Å²) in [6.07, 6.45) is 4.62. The zero-order valence-corrected chi connectivity index (χ0v) is 39.4. The Bertz CT molecular complexity index is 1770. The van der Waals surface area contributed by atoms with E-state index in [-0.39, 0.29) is 90.0 Å². The number of cyclic esters (lactones) is 1. The Balaban J connectivity index is 1.16. The van der Waals surface area contributed by atoms with Crippen LogP contribution < -0.4 is 0 Å². The van der Waals surface area contributed by atoms with Crippen LogP contribution in [0.1, 0.15) is 134 Å². The minimum atomic E-state index is -0.733. The minimum absolute atomic E-state index is 0.0130. The predicted octanol–water partition coefficient (Wildman–Crippen LogP) is 7.27. The molecule has 6 aliphatic rings. The van der Waals surface area contributed by atoms with E-state index in [4.69, 9.17) is 42.9 Å². The zero-order valence-electron chi connectivity index (χ0n) is 38.5. The van der Waals surface area contributed by atoms with Gasteiger partial charge in [-0.1, -0.05) is 33.8 Å². The van der Waals surface area contributed by atoms with Crippen molar-refractivity contribution in [2.45, 2.75) is 192 Å². The number of aromatic nitrogens is 1. The quantitative estimate of drug-likeness (QED) is 0.218. The number of fused-ring (bicyclic) bond motifs is 8. The van der Waals surface area contributed by atoms with E-state index in [0.717, 1.165) is 36.4 Å². The lowest BCUT2D eigenvalue weighted by atomic mass is 9.67. The Hall–Kier alpha value is -2.30. The van der Waals surface area contributed by atoms with Gasteiger partial charge in [-0.25, -0.2) is 4.98 Å². The molecule has 0 spiro atoms. The van der Waals surface area contributed by atoms with Crippen LogP contribution in [0.15, 0.2) is 11.6 Å². The molecule has 14 heteroatoms. The number of ketones is 1. The maximum Gasteiger partial charge on any atom is 0.306 e. The largest absolute Gasteiger partial charge is 0.462 e. The van der Waals surface area contributed by atoms with Crippen LogP contribution in [0, 0.1) is 36.5 Å². The van der Waals surface area contributed by atoms with Crippen LogP contribution in [0.5, 0.6) is 0 Å². The summed E-state index contributed by atoms with van der Waals surface area (Å²) < 4.78 is 50.8. The average Bonchev–Trinajstić information content (AvgIpc) is 3.94. The van der Waals surface area contributed by atoms with Crippen LogP contribution in [-0.2, 0) is 52.3 Å². The van der Waals surface area contributed by atoms with Gasteiger partial charge in [0, 0.05) is 69.3 Å². The summed E-state index contributed by atoms with van der Waals surface area (Å²) in [5.74, 6) is -0.885. The van der Waals surface area contributed by atoms with E-state index in [9.17, 15) is 9.59 Å². The van der Waals surface area contributed by atoms with Gasteiger partial charge in [-0.2, -0.15) is 0 Å². The number of nitrogens with zero attached hydrogens (tertiary/aromatic N) is 2. The minimum Gasteiger partial charge on any atom is -0.462 e. The summed E-state index contributed by atoms with van der Waals surface area (Å²) in [7, 11) is 6.83. The first-order valence-electron chi connectivity index (χ1n) is 23.0. The Morgan fingerprint density at radius 3 is 2.43 bits per heavy atom. The van der Waals surface area contributed by atoms with Crippen molar-refractivity contribution in [2.75, 3.05) is 28.4 Å². The molecule has 4 fully saturated rings. The van der Waals surface area contributed by atoms with Crippen molar-refractivity contribution in [1.29, 1.82) is 0 Å². The summed E-state index contributed by atoms with van der Waals surface area (Å²) in [5.41, 5.74) is 0.975. The molecule has 3 aliphatic heterocycles. The highest BCUT2D eigenvalue weighted by Gasteiger charge is 2.58. The molecule has 3 saturated heterocycles. The van der Waals surface area contributed by atoms with Gasteiger partial charge in [-0.05, 0) is 90.0 Å². The zero-order chi connectivity index (χ0) is 44.1. The lowest BCUT2D eigenvalue weighted by molar-refractivity contribution is -0.339. The van der Waals surface area contributed by atoms with Gasteiger partial charge < -0.3 is 42.8 Å². The number of ether oxygens (including phenoxy) is 8. The third-order valence-corrected chi connectivity index (χ3v) is 16.5. The second-order valence-electron chi connectivity index (χ2n) is 19.2. The molecule has 0 N–H and O–H groups in total. The number of hydrogen-bond donors (Lipinski definition) is 0. The van der Waals surface area contributed by atoms with Gasteiger partial charge in [0.15, 0.2) is 18.4 Å². The topological polar surface area (TPSA) is 141 Å². The first kappa shape index (κ1) is 46.7. The Kier molecular flexibility index (Phi) is 14.6. The normalized spacial score (nSPS) is 41.8. The van der Waals surface area contributed by atoms with Gasteiger partial charge in [0.2, 0.25) is 5.91 Å². The number of allylic oxidation sites excluding steroid dienone is 2. The SMILES string of the molecule is CC[C@H]1CCC[C@H](O[C@H]2CC[C@H](N(C)C(=O)C(C)C)C(C)O2)[C@@H](C)C(=O)C2=C[C@H]3[C@@H]4C[C@H](O[C@@H]5OC(C)[C@](C)(OC)C(OC)C5OC)C[C@H]4c4sc(C)nc4[C@H]3[C@@H]2CC(=O)O1. The molecule has 1 amide bonds. The number of methoxy groups -OCH3 is 3. The number of carbonyl (C=O) groups is 3. The number of esters is 1. The summed E-state index contributed by atoms with van der Waals surface area (Å²) in [4.78, 5) is 50.1.